The molecule has 5 heterocycles. The van der Waals surface area contributed by atoms with Crippen molar-refractivity contribution in [2.45, 2.75) is 51.1 Å². The van der Waals surface area contributed by atoms with Gasteiger partial charge in [0.05, 0.1) is 24.9 Å². The largest absolute Gasteiger partial charge is 0.378 e. The van der Waals surface area contributed by atoms with Gasteiger partial charge in [0.25, 0.3) is 0 Å². The van der Waals surface area contributed by atoms with Gasteiger partial charge < -0.3 is 10.1 Å². The molecule has 2 saturated heterocycles. The second-order valence-corrected chi connectivity index (χ2v) is 10.3. The van der Waals surface area contributed by atoms with Crippen LogP contribution in [0.4, 0.5) is 5.82 Å². The quantitative estimate of drug-likeness (QED) is 0.864. The van der Waals surface area contributed by atoms with Crippen molar-refractivity contribution in [2.75, 3.05) is 38.2 Å². The van der Waals surface area contributed by atoms with Crippen LogP contribution < -0.4 is 5.32 Å². The zero-order chi connectivity index (χ0) is 19.9. The topological polar surface area (TPSA) is 55.2 Å². The van der Waals surface area contributed by atoms with E-state index < -0.39 is 0 Å². The van der Waals surface area contributed by atoms with Gasteiger partial charge in [-0.05, 0) is 37.8 Å². The van der Waals surface area contributed by atoms with Crippen molar-refractivity contribution in [1.29, 1.82) is 0 Å². The van der Waals surface area contributed by atoms with E-state index in [0.717, 1.165) is 48.7 Å². The molecule has 6 nitrogen and oxygen atoms in total. The molecule has 154 valence electrons. The van der Waals surface area contributed by atoms with Crippen LogP contribution in [-0.2, 0) is 10.2 Å². The minimum atomic E-state index is 0.115. The van der Waals surface area contributed by atoms with Gasteiger partial charge in [-0.1, -0.05) is 13.8 Å². The molecule has 0 amide bonds. The Kier molecular flexibility index (Phi) is 3.73. The third-order valence-corrected chi connectivity index (χ3v) is 7.56. The van der Waals surface area contributed by atoms with Crippen molar-refractivity contribution >= 4 is 5.82 Å². The number of anilines is 1. The number of pyridine rings is 1. The maximum atomic E-state index is 5.39. The monoisotopic (exact) mass is 393 g/mol. The van der Waals surface area contributed by atoms with Crippen molar-refractivity contribution in [3.8, 4) is 11.3 Å². The third-order valence-electron chi connectivity index (χ3n) is 7.56. The van der Waals surface area contributed by atoms with Gasteiger partial charge in [0.15, 0.2) is 0 Å². The number of likely N-dealkylation sites (tertiary alicyclic amines) is 1. The van der Waals surface area contributed by atoms with Gasteiger partial charge in [-0.15, -0.1) is 0 Å². The lowest BCUT2D eigenvalue weighted by atomic mass is 9.87. The summed E-state index contributed by atoms with van der Waals surface area (Å²) in [7, 11) is 0. The Morgan fingerprint density at radius 3 is 2.59 bits per heavy atom. The van der Waals surface area contributed by atoms with Gasteiger partial charge in [-0.25, -0.2) is 4.98 Å². The molecule has 3 fully saturated rings. The Bertz CT molecular complexity index is 948. The Hall–Kier alpha value is -1.92. The molecule has 3 aliphatic heterocycles. The molecule has 2 aromatic heterocycles. The summed E-state index contributed by atoms with van der Waals surface area (Å²) in [4.78, 5) is 7.34. The van der Waals surface area contributed by atoms with Crippen LogP contribution in [0.3, 0.4) is 0 Å². The van der Waals surface area contributed by atoms with Crippen LogP contribution in [0.1, 0.15) is 50.9 Å². The predicted octanol–water partition coefficient (Wildman–Crippen LogP) is 3.27. The first-order valence-corrected chi connectivity index (χ1v) is 11.1. The van der Waals surface area contributed by atoms with Crippen LogP contribution in [0.5, 0.6) is 0 Å². The van der Waals surface area contributed by atoms with Gasteiger partial charge >= 0.3 is 0 Å². The van der Waals surface area contributed by atoms with Gasteiger partial charge in [-0.2, -0.15) is 5.10 Å². The van der Waals surface area contributed by atoms with Crippen molar-refractivity contribution in [2.24, 2.45) is 11.8 Å². The standard InChI is InChI=1S/C23H31N5O/c1-13(2)28-20(21-16-8-27(9-17(16)21)15-10-29-11-15)6-19(26-28)14-5-18-22(24-7-14)25-12-23(18,3)4/h5-7,13,15-17,21H,8-12H2,1-4H3,(H,24,25)/t16-,17+,21-. The summed E-state index contributed by atoms with van der Waals surface area (Å²) in [6, 6.07) is 5.68. The molecular weight excluding hydrogens is 362 g/mol. The normalized spacial score (nSPS) is 30.2. The minimum Gasteiger partial charge on any atom is -0.378 e. The summed E-state index contributed by atoms with van der Waals surface area (Å²) in [5, 5.41) is 8.48. The molecule has 0 bridgehead atoms. The van der Waals surface area contributed by atoms with Crippen molar-refractivity contribution in [3.63, 3.8) is 0 Å². The highest BCUT2D eigenvalue weighted by molar-refractivity contribution is 5.66. The summed E-state index contributed by atoms with van der Waals surface area (Å²) in [6.45, 7) is 14.3. The second kappa shape index (κ2) is 6.05. The van der Waals surface area contributed by atoms with Gasteiger partial charge in [0.2, 0.25) is 0 Å². The van der Waals surface area contributed by atoms with Crippen molar-refractivity contribution in [1.82, 2.24) is 19.7 Å². The lowest BCUT2D eigenvalue weighted by Crippen LogP contribution is -2.48. The fraction of sp³-hybridized carbons (Fsp3) is 0.652. The summed E-state index contributed by atoms with van der Waals surface area (Å²) in [6.07, 6.45) is 1.98. The van der Waals surface area contributed by atoms with Gasteiger partial charge in [0, 0.05) is 60.0 Å². The SMILES string of the molecule is CC(C)n1nc(-c2cnc3c(c2)C(C)(C)CN3)cc1[C@@H]1[C@@H]2CN(C3COC3)C[C@@H]21. The highest BCUT2D eigenvalue weighted by Gasteiger charge is 2.58. The van der Waals surface area contributed by atoms with E-state index in [4.69, 9.17) is 14.8 Å². The summed E-state index contributed by atoms with van der Waals surface area (Å²) < 4.78 is 7.66. The number of piperidine rings is 1. The first-order valence-electron chi connectivity index (χ1n) is 11.1. The molecule has 0 spiro atoms. The molecular formula is C23H31N5O. The minimum absolute atomic E-state index is 0.115. The van der Waals surface area contributed by atoms with E-state index in [-0.39, 0.29) is 5.41 Å². The molecule has 1 N–H and O–H groups in total. The van der Waals surface area contributed by atoms with E-state index >= 15 is 0 Å². The van der Waals surface area contributed by atoms with Crippen molar-refractivity contribution in [3.05, 3.63) is 29.6 Å². The number of hydrogen-bond acceptors (Lipinski definition) is 5. The average molecular weight is 394 g/mol. The first-order chi connectivity index (χ1) is 13.9. The Morgan fingerprint density at radius 2 is 1.93 bits per heavy atom. The molecule has 4 aliphatic rings. The number of nitrogens with zero attached hydrogens (tertiary/aromatic N) is 4. The predicted molar refractivity (Wildman–Crippen MR) is 113 cm³/mol. The summed E-state index contributed by atoms with van der Waals surface area (Å²) >= 11 is 0. The molecule has 0 unspecified atom stereocenters. The van der Waals surface area contributed by atoms with E-state index in [9.17, 15) is 0 Å². The maximum absolute atomic E-state index is 5.39. The van der Waals surface area contributed by atoms with E-state index in [0.29, 0.717) is 18.0 Å². The van der Waals surface area contributed by atoms with Crippen molar-refractivity contribution < 1.29 is 4.74 Å². The first kappa shape index (κ1) is 17.9. The molecule has 2 aromatic rings. The fourth-order valence-electron chi connectivity index (χ4n) is 5.60. The van der Waals surface area contributed by atoms with Gasteiger partial charge in [0.1, 0.15) is 5.82 Å². The molecule has 0 radical (unpaired) electrons. The molecule has 29 heavy (non-hydrogen) atoms. The summed E-state index contributed by atoms with van der Waals surface area (Å²) in [5.74, 6) is 3.27. The molecule has 3 atom stereocenters. The van der Waals surface area contributed by atoms with Crippen LogP contribution in [0.25, 0.3) is 11.3 Å². The summed E-state index contributed by atoms with van der Waals surface area (Å²) in [5.41, 5.74) is 5.05. The second-order valence-electron chi connectivity index (χ2n) is 10.3. The zero-order valence-corrected chi connectivity index (χ0v) is 17.9. The number of hydrogen-bond donors (Lipinski definition) is 1. The molecule has 6 rings (SSSR count). The van der Waals surface area contributed by atoms with E-state index in [1.165, 1.54) is 24.3 Å². The number of aromatic nitrogens is 3. The van der Waals surface area contributed by atoms with E-state index in [1.54, 1.807) is 0 Å². The third kappa shape index (κ3) is 2.68. The smallest absolute Gasteiger partial charge is 0.129 e. The maximum Gasteiger partial charge on any atom is 0.129 e. The van der Waals surface area contributed by atoms with Crippen LogP contribution in [0, 0.1) is 11.8 Å². The van der Waals surface area contributed by atoms with Crippen LogP contribution in [-0.4, -0.2) is 58.6 Å². The van der Waals surface area contributed by atoms with Crippen LogP contribution in [0.2, 0.25) is 0 Å². The Balaban J connectivity index is 1.29. The fourth-order valence-corrected chi connectivity index (χ4v) is 5.60. The average Bonchev–Trinajstić information content (AvgIpc) is 3.02. The lowest BCUT2D eigenvalue weighted by molar-refractivity contribution is -0.0610. The number of fused-ring (bicyclic) bond motifs is 2. The lowest BCUT2D eigenvalue weighted by Gasteiger charge is -2.35. The highest BCUT2D eigenvalue weighted by Crippen LogP contribution is 2.59. The number of nitrogens with one attached hydrogen (secondary N) is 1. The Labute approximate surface area is 172 Å². The van der Waals surface area contributed by atoms with E-state index in [1.807, 2.05) is 6.20 Å². The Morgan fingerprint density at radius 1 is 1.17 bits per heavy atom. The number of ether oxygens (including phenoxy) is 1. The van der Waals surface area contributed by atoms with E-state index in [2.05, 4.69) is 54.7 Å². The zero-order valence-electron chi connectivity index (χ0n) is 17.9. The molecule has 0 aromatic carbocycles. The molecule has 1 saturated carbocycles. The van der Waals surface area contributed by atoms with Crippen LogP contribution >= 0.6 is 0 Å². The molecule has 6 heteroatoms. The van der Waals surface area contributed by atoms with Crippen LogP contribution in [0.15, 0.2) is 18.3 Å². The highest BCUT2D eigenvalue weighted by atomic mass is 16.5. The van der Waals surface area contributed by atoms with Gasteiger partial charge in [-0.3, -0.25) is 9.58 Å². The number of rotatable bonds is 4. The molecule has 1 aliphatic carbocycles.